The third-order valence-electron chi connectivity index (χ3n) is 1.62. The fourth-order valence-electron chi connectivity index (χ4n) is 1.05. The second kappa shape index (κ2) is 2.67. The van der Waals surface area contributed by atoms with Crippen molar-refractivity contribution < 1.29 is 4.74 Å². The Morgan fingerprint density at radius 1 is 1.42 bits per heavy atom. The summed E-state index contributed by atoms with van der Waals surface area (Å²) >= 11 is 0. The molecule has 1 heterocycles. The van der Waals surface area contributed by atoms with Crippen LogP contribution < -0.4 is 4.74 Å². The van der Waals surface area contributed by atoms with Gasteiger partial charge in [0.1, 0.15) is 11.8 Å². The van der Waals surface area contributed by atoms with Crippen molar-refractivity contribution in [2.75, 3.05) is 0 Å². The molecule has 0 N–H and O–H groups in total. The number of aliphatic imine (C=N–C) groups is 1. The van der Waals surface area contributed by atoms with Gasteiger partial charge in [0, 0.05) is 11.8 Å². The van der Waals surface area contributed by atoms with E-state index in [2.05, 4.69) is 4.99 Å². The molecule has 1 unspecified atom stereocenters. The standard InChI is InChI=1S/C9H6N2O/c10-5-9-11-6-7-3-1-2-4-8(7)12-9/h1-4,6,9H. The molecule has 0 aliphatic carbocycles. The zero-order valence-electron chi connectivity index (χ0n) is 6.27. The maximum Gasteiger partial charge on any atom is 0.277 e. The second-order valence-corrected chi connectivity index (χ2v) is 2.42. The number of hydrogen-bond donors (Lipinski definition) is 0. The zero-order valence-corrected chi connectivity index (χ0v) is 6.27. The molecule has 0 bridgehead atoms. The largest absolute Gasteiger partial charge is 0.455 e. The molecule has 1 aromatic carbocycles. The lowest BCUT2D eigenvalue weighted by Gasteiger charge is -2.14. The maximum atomic E-state index is 8.53. The smallest absolute Gasteiger partial charge is 0.277 e. The highest BCUT2D eigenvalue weighted by atomic mass is 16.5. The molecule has 3 heteroatoms. The molecule has 1 aliphatic rings. The SMILES string of the molecule is N#CC1N=Cc2ccccc2O1. The van der Waals surface area contributed by atoms with Crippen LogP contribution >= 0.6 is 0 Å². The van der Waals surface area contributed by atoms with E-state index in [4.69, 9.17) is 10.00 Å². The van der Waals surface area contributed by atoms with Gasteiger partial charge >= 0.3 is 0 Å². The van der Waals surface area contributed by atoms with Crippen molar-refractivity contribution in [3.8, 4) is 11.8 Å². The third kappa shape index (κ3) is 1.04. The first kappa shape index (κ1) is 6.86. The highest BCUT2D eigenvalue weighted by Crippen LogP contribution is 2.20. The van der Waals surface area contributed by atoms with E-state index in [1.807, 2.05) is 30.3 Å². The minimum atomic E-state index is -0.681. The van der Waals surface area contributed by atoms with Gasteiger partial charge in [-0.3, -0.25) is 0 Å². The van der Waals surface area contributed by atoms with E-state index in [1.165, 1.54) is 0 Å². The van der Waals surface area contributed by atoms with E-state index in [9.17, 15) is 0 Å². The summed E-state index contributed by atoms with van der Waals surface area (Å²) in [5, 5.41) is 8.53. The first-order valence-electron chi connectivity index (χ1n) is 3.58. The average Bonchev–Trinajstić information content (AvgIpc) is 2.17. The topological polar surface area (TPSA) is 45.4 Å². The summed E-state index contributed by atoms with van der Waals surface area (Å²) in [4.78, 5) is 3.88. The molecule has 0 radical (unpaired) electrons. The van der Waals surface area contributed by atoms with Gasteiger partial charge in [-0.05, 0) is 12.1 Å². The lowest BCUT2D eigenvalue weighted by molar-refractivity contribution is 0.262. The van der Waals surface area contributed by atoms with E-state index in [-0.39, 0.29) is 0 Å². The maximum absolute atomic E-state index is 8.53. The molecule has 12 heavy (non-hydrogen) atoms. The van der Waals surface area contributed by atoms with Gasteiger partial charge < -0.3 is 4.74 Å². The van der Waals surface area contributed by atoms with Crippen LogP contribution in [0.15, 0.2) is 29.3 Å². The summed E-state index contributed by atoms with van der Waals surface area (Å²) < 4.78 is 5.22. The van der Waals surface area contributed by atoms with Gasteiger partial charge in [0.2, 0.25) is 0 Å². The first-order chi connectivity index (χ1) is 5.90. The van der Waals surface area contributed by atoms with Crippen molar-refractivity contribution in [3.63, 3.8) is 0 Å². The van der Waals surface area contributed by atoms with Gasteiger partial charge in [-0.1, -0.05) is 12.1 Å². The Balaban J connectivity index is 2.41. The molecule has 0 fully saturated rings. The first-order valence-corrected chi connectivity index (χ1v) is 3.58. The van der Waals surface area contributed by atoms with Crippen molar-refractivity contribution in [1.29, 1.82) is 5.26 Å². The van der Waals surface area contributed by atoms with Gasteiger partial charge in [-0.2, -0.15) is 5.26 Å². The molecule has 1 aliphatic heterocycles. The molecular weight excluding hydrogens is 152 g/mol. The monoisotopic (exact) mass is 158 g/mol. The van der Waals surface area contributed by atoms with Crippen molar-refractivity contribution in [2.24, 2.45) is 4.99 Å². The van der Waals surface area contributed by atoms with Gasteiger partial charge in [0.25, 0.3) is 6.23 Å². The Morgan fingerprint density at radius 3 is 3.08 bits per heavy atom. The van der Waals surface area contributed by atoms with Gasteiger partial charge in [0.15, 0.2) is 0 Å². The second-order valence-electron chi connectivity index (χ2n) is 2.42. The van der Waals surface area contributed by atoms with Crippen LogP contribution in [0.4, 0.5) is 0 Å². The number of nitriles is 1. The van der Waals surface area contributed by atoms with Crippen LogP contribution in [0.1, 0.15) is 5.56 Å². The third-order valence-corrected chi connectivity index (χ3v) is 1.62. The summed E-state index contributed by atoms with van der Waals surface area (Å²) in [6, 6.07) is 9.42. The summed E-state index contributed by atoms with van der Waals surface area (Å²) in [6.45, 7) is 0. The Bertz CT molecular complexity index is 365. The quantitative estimate of drug-likeness (QED) is 0.572. The van der Waals surface area contributed by atoms with Crippen LogP contribution in [0, 0.1) is 11.3 Å². The van der Waals surface area contributed by atoms with Crippen LogP contribution in [0.5, 0.6) is 5.75 Å². The summed E-state index contributed by atoms with van der Waals surface area (Å²) in [5.74, 6) is 0.721. The summed E-state index contributed by atoms with van der Waals surface area (Å²) in [6.07, 6.45) is 0.979. The Labute approximate surface area is 69.9 Å². The molecule has 0 saturated carbocycles. The van der Waals surface area contributed by atoms with Gasteiger partial charge in [-0.25, -0.2) is 4.99 Å². The fraction of sp³-hybridized carbons (Fsp3) is 0.111. The van der Waals surface area contributed by atoms with Crippen molar-refractivity contribution in [1.82, 2.24) is 0 Å². The molecule has 58 valence electrons. The number of fused-ring (bicyclic) bond motifs is 1. The number of benzene rings is 1. The van der Waals surface area contributed by atoms with Crippen molar-refractivity contribution in [3.05, 3.63) is 29.8 Å². The lowest BCUT2D eigenvalue weighted by atomic mass is 10.2. The summed E-state index contributed by atoms with van der Waals surface area (Å²) in [7, 11) is 0. The van der Waals surface area contributed by atoms with Gasteiger partial charge in [0.05, 0.1) is 0 Å². The number of para-hydroxylation sites is 1. The average molecular weight is 158 g/mol. The van der Waals surface area contributed by atoms with E-state index in [0.29, 0.717) is 0 Å². The number of hydrogen-bond acceptors (Lipinski definition) is 3. The fourth-order valence-corrected chi connectivity index (χ4v) is 1.05. The minimum absolute atomic E-state index is 0.681. The predicted molar refractivity (Wildman–Crippen MR) is 44.1 cm³/mol. The Hall–Kier alpha value is -1.82. The van der Waals surface area contributed by atoms with Crippen LogP contribution in [-0.2, 0) is 0 Å². The molecule has 0 saturated heterocycles. The van der Waals surface area contributed by atoms with E-state index in [1.54, 1.807) is 6.21 Å². The number of ether oxygens (including phenoxy) is 1. The van der Waals surface area contributed by atoms with Crippen molar-refractivity contribution >= 4 is 6.21 Å². The summed E-state index contributed by atoms with van der Waals surface area (Å²) in [5.41, 5.74) is 0.920. The molecule has 3 nitrogen and oxygen atoms in total. The zero-order chi connectivity index (χ0) is 8.39. The molecule has 0 amide bonds. The molecule has 2 rings (SSSR count). The van der Waals surface area contributed by atoms with E-state index < -0.39 is 6.23 Å². The molecule has 1 atom stereocenters. The molecule has 0 aromatic heterocycles. The highest BCUT2D eigenvalue weighted by molar-refractivity contribution is 5.84. The highest BCUT2D eigenvalue weighted by Gasteiger charge is 2.12. The predicted octanol–water partition coefficient (Wildman–Crippen LogP) is 1.35. The van der Waals surface area contributed by atoms with E-state index in [0.717, 1.165) is 11.3 Å². The minimum Gasteiger partial charge on any atom is -0.455 e. The van der Waals surface area contributed by atoms with Crippen molar-refractivity contribution in [2.45, 2.75) is 6.23 Å². The van der Waals surface area contributed by atoms with Gasteiger partial charge in [-0.15, -0.1) is 0 Å². The number of rotatable bonds is 0. The van der Waals surface area contributed by atoms with Crippen LogP contribution in [0.3, 0.4) is 0 Å². The molecule has 1 aromatic rings. The van der Waals surface area contributed by atoms with E-state index >= 15 is 0 Å². The van der Waals surface area contributed by atoms with Crippen LogP contribution in [-0.4, -0.2) is 12.4 Å². The Morgan fingerprint density at radius 2 is 2.25 bits per heavy atom. The lowest BCUT2D eigenvalue weighted by Crippen LogP contribution is -2.16. The normalized spacial score (nSPS) is 19.1. The molecular formula is C9H6N2O. The Kier molecular flexibility index (Phi) is 1.52. The molecule has 0 spiro atoms. The van der Waals surface area contributed by atoms with Crippen LogP contribution in [0.25, 0.3) is 0 Å². The van der Waals surface area contributed by atoms with Crippen LogP contribution in [0.2, 0.25) is 0 Å². The number of nitrogens with zero attached hydrogens (tertiary/aromatic N) is 2.